The van der Waals surface area contributed by atoms with Gasteiger partial charge in [0.05, 0.1) is 12.3 Å². The van der Waals surface area contributed by atoms with Gasteiger partial charge >= 0.3 is 0 Å². The molecular formula is C50H35N. The topological polar surface area (TPSA) is 3.24 Å². The van der Waals surface area contributed by atoms with Crippen molar-refractivity contribution in [3.63, 3.8) is 0 Å². The Labute approximate surface area is 312 Å². The first-order chi connectivity index (χ1) is 29.0. The Balaban J connectivity index is 1.22. The van der Waals surface area contributed by atoms with Crippen molar-refractivity contribution >= 4 is 38.6 Å². The van der Waals surface area contributed by atoms with Gasteiger partial charge in [-0.25, -0.2) is 0 Å². The average molecular weight is 659 g/mol. The van der Waals surface area contributed by atoms with Crippen LogP contribution < -0.4 is 4.90 Å². The Morgan fingerprint density at radius 2 is 0.902 bits per heavy atom. The fourth-order valence-corrected chi connectivity index (χ4v) is 6.71. The fourth-order valence-electron chi connectivity index (χ4n) is 6.71. The van der Waals surface area contributed by atoms with Crippen LogP contribution in [0.1, 0.15) is 12.3 Å². The van der Waals surface area contributed by atoms with E-state index in [0.717, 1.165) is 54.9 Å². The molecular weight excluding hydrogens is 615 g/mol. The first kappa shape index (κ1) is 22.1. The number of fused-ring (bicyclic) bond motifs is 2. The van der Waals surface area contributed by atoms with Gasteiger partial charge in [-0.15, -0.1) is 0 Å². The molecule has 9 rings (SSSR count). The summed E-state index contributed by atoms with van der Waals surface area (Å²) in [6.07, 6.45) is 0. The predicted molar refractivity (Wildman–Crippen MR) is 218 cm³/mol. The quantitative estimate of drug-likeness (QED) is 0.165. The minimum Gasteiger partial charge on any atom is -0.311 e. The summed E-state index contributed by atoms with van der Waals surface area (Å²) in [5, 5.41) is 4.46. The Morgan fingerprint density at radius 1 is 0.333 bits per heavy atom. The summed E-state index contributed by atoms with van der Waals surface area (Å²) in [7, 11) is 0. The molecule has 0 saturated heterocycles. The highest BCUT2D eigenvalue weighted by atomic mass is 15.1. The molecule has 1 nitrogen and oxygen atoms in total. The summed E-state index contributed by atoms with van der Waals surface area (Å²) in [5.74, 6) is 0. The predicted octanol–water partition coefficient (Wildman–Crippen LogP) is 14.1. The van der Waals surface area contributed by atoms with Crippen LogP contribution in [0.25, 0.3) is 66.1 Å². The Bertz CT molecular complexity index is 3070. The molecule has 0 aliphatic carbocycles. The molecule has 0 aliphatic rings. The monoisotopic (exact) mass is 658 g/mol. The van der Waals surface area contributed by atoms with Crippen molar-refractivity contribution in [2.24, 2.45) is 0 Å². The van der Waals surface area contributed by atoms with Crippen molar-refractivity contribution in [2.45, 2.75) is 0 Å². The molecule has 1 heteroatoms. The maximum atomic E-state index is 9.39. The molecule has 240 valence electrons. The van der Waals surface area contributed by atoms with Gasteiger partial charge in [0.25, 0.3) is 0 Å². The fraction of sp³-hybridized carbons (Fsp3) is 0. The Morgan fingerprint density at radius 3 is 1.63 bits per heavy atom. The minimum atomic E-state index is -0.623. The lowest BCUT2D eigenvalue weighted by atomic mass is 9.90. The van der Waals surface area contributed by atoms with Crippen LogP contribution in [0.5, 0.6) is 0 Å². The number of rotatable bonds is 7. The van der Waals surface area contributed by atoms with Crippen molar-refractivity contribution in [2.75, 3.05) is 4.90 Å². The molecule has 0 heterocycles. The van der Waals surface area contributed by atoms with E-state index in [9.17, 15) is 5.48 Å². The van der Waals surface area contributed by atoms with Gasteiger partial charge in [0, 0.05) is 17.1 Å². The Hall–Kier alpha value is -6.70. The highest BCUT2D eigenvalue weighted by Gasteiger charge is 2.16. The van der Waals surface area contributed by atoms with Crippen LogP contribution in [0.3, 0.4) is 0 Å². The van der Waals surface area contributed by atoms with Crippen LogP contribution in [0, 0.1) is 0 Å². The maximum Gasteiger partial charge on any atom is 0.0645 e. The summed E-state index contributed by atoms with van der Waals surface area (Å²) in [4.78, 5) is 1.68. The second-order valence-corrected chi connectivity index (χ2v) is 12.3. The van der Waals surface area contributed by atoms with Gasteiger partial charge in [-0.2, -0.15) is 0 Å². The summed E-state index contributed by atoms with van der Waals surface area (Å²) in [6.45, 7) is 0. The van der Waals surface area contributed by atoms with E-state index in [1.165, 1.54) is 0 Å². The standard InChI is InChI=1S/C50H35N/c1-3-11-36(12-4-1)38-21-28-45(29-22-38)51(46-30-23-39(24-31-46)44-20-19-37-13-7-8-17-43(37)35-44)47-32-25-41(26-33-47)49-34-27-40-14-9-10-18-48(40)50(49)42-15-5-2-6-16-42/h1-35H/i1D,3D,4D,11D,12D,21D,22D,28D,29D. The van der Waals surface area contributed by atoms with Crippen molar-refractivity contribution in [1.82, 2.24) is 0 Å². The van der Waals surface area contributed by atoms with Gasteiger partial charge in [-0.1, -0.05) is 170 Å². The summed E-state index contributed by atoms with van der Waals surface area (Å²) in [5.41, 5.74) is 6.40. The third-order valence-corrected chi connectivity index (χ3v) is 9.22. The van der Waals surface area contributed by atoms with Gasteiger partial charge in [-0.05, 0) is 108 Å². The lowest BCUT2D eigenvalue weighted by Crippen LogP contribution is -2.09. The number of anilines is 3. The van der Waals surface area contributed by atoms with Crippen molar-refractivity contribution in [1.29, 1.82) is 0 Å². The molecule has 51 heavy (non-hydrogen) atoms. The molecule has 0 unspecified atom stereocenters. The smallest absolute Gasteiger partial charge is 0.0645 e. The molecule has 0 atom stereocenters. The van der Waals surface area contributed by atoms with Gasteiger partial charge in [0.2, 0.25) is 0 Å². The van der Waals surface area contributed by atoms with E-state index in [2.05, 4.69) is 66.7 Å². The Kier molecular flexibility index (Phi) is 5.77. The average Bonchev–Trinajstić information content (AvgIpc) is 3.29. The zero-order valence-electron chi connectivity index (χ0n) is 36.5. The zero-order valence-corrected chi connectivity index (χ0v) is 27.5. The first-order valence-corrected chi connectivity index (χ1v) is 16.8. The van der Waals surface area contributed by atoms with Crippen LogP contribution >= 0.6 is 0 Å². The lowest BCUT2D eigenvalue weighted by molar-refractivity contribution is 1.28. The number of hydrogen-bond donors (Lipinski definition) is 0. The molecule has 0 N–H and O–H groups in total. The summed E-state index contributed by atoms with van der Waals surface area (Å²) >= 11 is 0. The van der Waals surface area contributed by atoms with E-state index in [-0.39, 0.29) is 16.8 Å². The number of nitrogens with zero attached hydrogens (tertiary/aromatic N) is 1. The van der Waals surface area contributed by atoms with E-state index < -0.39 is 54.4 Å². The molecule has 0 fully saturated rings. The van der Waals surface area contributed by atoms with Crippen LogP contribution in [0.2, 0.25) is 0 Å². The first-order valence-electron chi connectivity index (χ1n) is 21.3. The molecule has 0 radical (unpaired) electrons. The van der Waals surface area contributed by atoms with Gasteiger partial charge in [-0.3, -0.25) is 0 Å². The number of benzene rings is 9. The number of hydrogen-bond acceptors (Lipinski definition) is 1. The van der Waals surface area contributed by atoms with E-state index in [0.29, 0.717) is 11.4 Å². The van der Waals surface area contributed by atoms with E-state index in [1.807, 2.05) is 91.0 Å². The largest absolute Gasteiger partial charge is 0.311 e. The highest BCUT2D eigenvalue weighted by molar-refractivity contribution is 6.04. The van der Waals surface area contributed by atoms with Crippen molar-refractivity contribution in [3.05, 3.63) is 212 Å². The zero-order chi connectivity index (χ0) is 41.8. The van der Waals surface area contributed by atoms with Gasteiger partial charge < -0.3 is 4.90 Å². The minimum absolute atomic E-state index is 0.0528. The second kappa shape index (κ2) is 13.3. The normalized spacial score (nSPS) is 13.6. The summed E-state index contributed by atoms with van der Waals surface area (Å²) < 4.78 is 78.9. The third kappa shape index (κ3) is 5.96. The maximum absolute atomic E-state index is 9.39. The molecule has 0 saturated carbocycles. The van der Waals surface area contributed by atoms with Crippen LogP contribution in [-0.2, 0) is 0 Å². The van der Waals surface area contributed by atoms with E-state index in [1.54, 1.807) is 4.90 Å². The second-order valence-electron chi connectivity index (χ2n) is 12.3. The van der Waals surface area contributed by atoms with E-state index in [4.69, 9.17) is 6.85 Å². The van der Waals surface area contributed by atoms with Crippen molar-refractivity contribution in [3.8, 4) is 44.5 Å². The van der Waals surface area contributed by atoms with Crippen molar-refractivity contribution < 1.29 is 12.3 Å². The van der Waals surface area contributed by atoms with Gasteiger partial charge in [0.15, 0.2) is 0 Å². The molecule has 0 amide bonds. The highest BCUT2D eigenvalue weighted by Crippen LogP contribution is 2.41. The molecule has 9 aromatic rings. The molecule has 0 bridgehead atoms. The molecule has 0 aromatic heterocycles. The lowest BCUT2D eigenvalue weighted by Gasteiger charge is -2.26. The SMILES string of the molecule is [2H]c1c([2H])c([2H])c(-c2c([2H])c([2H])c(N(c3ccc(-c4ccc5ccccc5c4)cc3)c3ccc(-c4ccc5ccccc5c4-c4ccccc4)cc3)c([2H])c2[2H])c([2H])c1[2H]. The molecule has 0 aliphatic heterocycles. The van der Waals surface area contributed by atoms with Crippen LogP contribution in [0.4, 0.5) is 17.1 Å². The van der Waals surface area contributed by atoms with Crippen LogP contribution in [-0.4, -0.2) is 0 Å². The molecule has 0 spiro atoms. The van der Waals surface area contributed by atoms with Crippen LogP contribution in [0.15, 0.2) is 212 Å². The van der Waals surface area contributed by atoms with Gasteiger partial charge in [0.1, 0.15) is 0 Å². The third-order valence-electron chi connectivity index (χ3n) is 9.22. The summed E-state index contributed by atoms with van der Waals surface area (Å²) in [6, 6.07) is 47.6. The van der Waals surface area contributed by atoms with E-state index >= 15 is 0 Å². The molecule has 9 aromatic carbocycles.